The number of urea groups is 1. The van der Waals surface area contributed by atoms with E-state index in [2.05, 4.69) is 28.4 Å². The minimum Gasteiger partial charge on any atom is -0.327 e. The van der Waals surface area contributed by atoms with Crippen molar-refractivity contribution >= 4 is 11.7 Å². The van der Waals surface area contributed by atoms with Crippen LogP contribution in [0.1, 0.15) is 12.5 Å². The topological polar surface area (TPSA) is 41.1 Å². The highest BCUT2D eigenvalue weighted by Gasteiger charge is 1.98. The van der Waals surface area contributed by atoms with E-state index in [1.54, 1.807) is 19.1 Å². The van der Waals surface area contributed by atoms with Crippen molar-refractivity contribution in [3.05, 3.63) is 29.8 Å². The number of amides is 2. The summed E-state index contributed by atoms with van der Waals surface area (Å²) in [6.07, 6.45) is 5.02. The molecule has 3 heteroatoms. The van der Waals surface area contributed by atoms with E-state index in [0.717, 1.165) is 5.56 Å². The zero-order chi connectivity index (χ0) is 11.8. The highest BCUT2D eigenvalue weighted by Crippen LogP contribution is 2.08. The molecule has 0 aliphatic rings. The molecule has 0 aliphatic heterocycles. The van der Waals surface area contributed by atoms with E-state index in [-0.39, 0.29) is 12.6 Å². The summed E-state index contributed by atoms with van der Waals surface area (Å²) in [4.78, 5) is 11.2. The average molecular weight is 212 g/mol. The Hall–Kier alpha value is -2.39. The number of carbonyl (C=O) groups is 1. The lowest BCUT2D eigenvalue weighted by molar-refractivity contribution is 0.253. The van der Waals surface area contributed by atoms with Gasteiger partial charge in [-0.2, -0.15) is 0 Å². The van der Waals surface area contributed by atoms with Crippen LogP contribution in [-0.2, 0) is 0 Å². The Morgan fingerprint density at radius 1 is 1.38 bits per heavy atom. The van der Waals surface area contributed by atoms with Crippen molar-refractivity contribution in [3.8, 4) is 24.2 Å². The maximum absolute atomic E-state index is 11.2. The predicted octanol–water partition coefficient (Wildman–Crippen LogP) is 1.81. The van der Waals surface area contributed by atoms with Crippen molar-refractivity contribution in [1.82, 2.24) is 5.32 Å². The van der Waals surface area contributed by atoms with Crippen LogP contribution in [0, 0.1) is 24.2 Å². The van der Waals surface area contributed by atoms with Gasteiger partial charge in [0, 0.05) is 11.3 Å². The van der Waals surface area contributed by atoms with Gasteiger partial charge in [0.15, 0.2) is 0 Å². The fourth-order valence-corrected chi connectivity index (χ4v) is 1.09. The first-order valence-corrected chi connectivity index (χ1v) is 4.77. The normalized spacial score (nSPS) is 8.25. The second-order valence-electron chi connectivity index (χ2n) is 2.96. The molecule has 1 aromatic rings. The van der Waals surface area contributed by atoms with Gasteiger partial charge >= 0.3 is 6.03 Å². The van der Waals surface area contributed by atoms with Gasteiger partial charge in [-0.05, 0) is 31.2 Å². The first-order valence-electron chi connectivity index (χ1n) is 4.77. The molecule has 2 N–H and O–H groups in total. The first-order chi connectivity index (χ1) is 7.76. The van der Waals surface area contributed by atoms with Gasteiger partial charge in [0.25, 0.3) is 0 Å². The molecule has 1 rings (SSSR count). The molecule has 0 saturated carbocycles. The molecule has 0 fully saturated rings. The van der Waals surface area contributed by atoms with Crippen molar-refractivity contribution in [2.75, 3.05) is 11.9 Å². The Morgan fingerprint density at radius 3 is 2.62 bits per heavy atom. The van der Waals surface area contributed by atoms with Crippen LogP contribution in [-0.4, -0.2) is 12.6 Å². The van der Waals surface area contributed by atoms with Crippen molar-refractivity contribution in [2.45, 2.75) is 6.92 Å². The molecule has 0 atom stereocenters. The fraction of sp³-hybridized carbons (Fsp3) is 0.154. The molecular weight excluding hydrogens is 200 g/mol. The molecule has 16 heavy (non-hydrogen) atoms. The Morgan fingerprint density at radius 2 is 2.06 bits per heavy atom. The summed E-state index contributed by atoms with van der Waals surface area (Å²) in [5.74, 6) is 8.04. The number of anilines is 1. The van der Waals surface area contributed by atoms with Crippen LogP contribution in [0.5, 0.6) is 0 Å². The summed E-state index contributed by atoms with van der Waals surface area (Å²) in [6.45, 7) is 1.99. The van der Waals surface area contributed by atoms with E-state index in [1.807, 2.05) is 12.1 Å². The zero-order valence-electron chi connectivity index (χ0n) is 9.00. The molecule has 80 valence electrons. The summed E-state index contributed by atoms with van der Waals surface area (Å²) in [5.41, 5.74) is 1.62. The maximum atomic E-state index is 11.2. The van der Waals surface area contributed by atoms with Gasteiger partial charge in [0.05, 0.1) is 6.54 Å². The quantitative estimate of drug-likeness (QED) is 0.721. The number of rotatable bonds is 2. The Labute approximate surface area is 95.2 Å². The molecule has 0 bridgehead atoms. The number of benzene rings is 1. The lowest BCUT2D eigenvalue weighted by atomic mass is 10.2. The predicted molar refractivity (Wildman–Crippen MR) is 64.8 cm³/mol. The van der Waals surface area contributed by atoms with Gasteiger partial charge < -0.3 is 10.6 Å². The van der Waals surface area contributed by atoms with Crippen LogP contribution >= 0.6 is 0 Å². The molecule has 0 unspecified atom stereocenters. The number of hydrogen-bond acceptors (Lipinski definition) is 1. The van der Waals surface area contributed by atoms with Gasteiger partial charge in [-0.3, -0.25) is 0 Å². The minimum atomic E-state index is -0.313. The van der Waals surface area contributed by atoms with E-state index < -0.39 is 0 Å². The summed E-state index contributed by atoms with van der Waals surface area (Å²) in [7, 11) is 0. The van der Waals surface area contributed by atoms with Crippen LogP contribution in [0.2, 0.25) is 0 Å². The van der Waals surface area contributed by atoms with Gasteiger partial charge in [0.1, 0.15) is 0 Å². The molecule has 3 nitrogen and oxygen atoms in total. The lowest BCUT2D eigenvalue weighted by Crippen LogP contribution is -2.28. The molecule has 0 aliphatic carbocycles. The summed E-state index contributed by atoms with van der Waals surface area (Å²) in [6, 6.07) is 6.94. The highest BCUT2D eigenvalue weighted by molar-refractivity contribution is 5.89. The maximum Gasteiger partial charge on any atom is 0.319 e. The number of terminal acetylenes is 1. The molecule has 1 aromatic carbocycles. The SMILES string of the molecule is C#CCNC(=O)Nc1ccc(C#CC)cc1. The third-order valence-corrected chi connectivity index (χ3v) is 1.76. The van der Waals surface area contributed by atoms with Crippen LogP contribution in [0.15, 0.2) is 24.3 Å². The van der Waals surface area contributed by atoms with Gasteiger partial charge in [-0.15, -0.1) is 12.3 Å². The smallest absolute Gasteiger partial charge is 0.319 e. The monoisotopic (exact) mass is 212 g/mol. The Balaban J connectivity index is 2.57. The zero-order valence-corrected chi connectivity index (χ0v) is 9.00. The van der Waals surface area contributed by atoms with Crippen LogP contribution in [0.4, 0.5) is 10.5 Å². The van der Waals surface area contributed by atoms with E-state index in [1.165, 1.54) is 0 Å². The molecule has 0 heterocycles. The van der Waals surface area contributed by atoms with E-state index in [0.29, 0.717) is 5.69 Å². The fourth-order valence-electron chi connectivity index (χ4n) is 1.09. The second kappa shape index (κ2) is 6.16. The molecule has 0 radical (unpaired) electrons. The first kappa shape index (κ1) is 11.7. The summed E-state index contributed by atoms with van der Waals surface area (Å²) in [5, 5.41) is 5.16. The van der Waals surface area contributed by atoms with Crippen LogP contribution in [0.3, 0.4) is 0 Å². The number of hydrogen-bond donors (Lipinski definition) is 2. The van der Waals surface area contributed by atoms with Crippen LogP contribution in [0.25, 0.3) is 0 Å². The van der Waals surface area contributed by atoms with Crippen LogP contribution < -0.4 is 10.6 Å². The molecule has 0 aromatic heterocycles. The highest BCUT2D eigenvalue weighted by atomic mass is 16.2. The third kappa shape index (κ3) is 3.77. The minimum absolute atomic E-state index is 0.214. The molecule has 0 saturated heterocycles. The van der Waals surface area contributed by atoms with Crippen molar-refractivity contribution in [2.24, 2.45) is 0 Å². The summed E-state index contributed by atoms with van der Waals surface area (Å²) < 4.78 is 0. The van der Waals surface area contributed by atoms with E-state index in [9.17, 15) is 4.79 Å². The Bertz CT molecular complexity index is 457. The number of nitrogens with one attached hydrogen (secondary N) is 2. The van der Waals surface area contributed by atoms with Gasteiger partial charge in [0.2, 0.25) is 0 Å². The van der Waals surface area contributed by atoms with E-state index >= 15 is 0 Å². The largest absolute Gasteiger partial charge is 0.327 e. The third-order valence-electron chi connectivity index (χ3n) is 1.76. The standard InChI is InChI=1S/C13H12N2O/c1-3-5-11-6-8-12(9-7-11)15-13(16)14-10-4-2/h2,6-9H,10H2,1H3,(H2,14,15,16). The summed E-state index contributed by atoms with van der Waals surface area (Å²) >= 11 is 0. The Kier molecular flexibility index (Phi) is 4.50. The molecular formula is C13H12N2O. The second-order valence-corrected chi connectivity index (χ2v) is 2.96. The van der Waals surface area contributed by atoms with Crippen molar-refractivity contribution < 1.29 is 4.79 Å². The van der Waals surface area contributed by atoms with Crippen molar-refractivity contribution in [3.63, 3.8) is 0 Å². The van der Waals surface area contributed by atoms with E-state index in [4.69, 9.17) is 6.42 Å². The lowest BCUT2D eigenvalue weighted by Gasteiger charge is -2.04. The molecule has 2 amide bonds. The van der Waals surface area contributed by atoms with Gasteiger partial charge in [-0.25, -0.2) is 4.79 Å². The number of carbonyl (C=O) groups excluding carboxylic acids is 1. The van der Waals surface area contributed by atoms with Gasteiger partial charge in [-0.1, -0.05) is 11.8 Å². The average Bonchev–Trinajstić information content (AvgIpc) is 2.29. The molecule has 0 spiro atoms. The van der Waals surface area contributed by atoms with Crippen molar-refractivity contribution in [1.29, 1.82) is 0 Å².